The molecule has 1 N–H and O–H groups in total. The molecule has 0 radical (unpaired) electrons. The predicted octanol–water partition coefficient (Wildman–Crippen LogP) is 2.41. The second kappa shape index (κ2) is 6.36. The van der Waals surface area contributed by atoms with Gasteiger partial charge in [0.05, 0.1) is 11.7 Å². The highest BCUT2D eigenvalue weighted by Gasteiger charge is 2.40. The first-order valence-corrected chi connectivity index (χ1v) is 7.66. The monoisotopic (exact) mass is 254 g/mol. The van der Waals surface area contributed by atoms with E-state index >= 15 is 0 Å². The maximum absolute atomic E-state index is 6.36. The molecule has 0 bridgehead atoms. The van der Waals surface area contributed by atoms with Gasteiger partial charge < -0.3 is 15.0 Å². The molecular formula is C15H30N2O. The molecule has 0 aromatic carbocycles. The standard InChI is InChI=1S/C15H30N2O/c1-13(17(2)3)11-16-12-14-7-10-15(18-14)8-5-4-6-9-15/h13-14,16H,4-12H2,1-3H3. The molecular weight excluding hydrogens is 224 g/mol. The van der Waals surface area contributed by atoms with Crippen molar-refractivity contribution >= 4 is 0 Å². The zero-order valence-electron chi connectivity index (χ0n) is 12.4. The van der Waals surface area contributed by atoms with E-state index in [2.05, 4.69) is 31.2 Å². The van der Waals surface area contributed by atoms with Gasteiger partial charge in [-0.2, -0.15) is 0 Å². The summed E-state index contributed by atoms with van der Waals surface area (Å²) in [5, 5.41) is 3.56. The van der Waals surface area contributed by atoms with Crippen LogP contribution < -0.4 is 5.32 Å². The number of hydrogen-bond donors (Lipinski definition) is 1. The van der Waals surface area contributed by atoms with E-state index in [1.54, 1.807) is 0 Å². The molecule has 1 saturated heterocycles. The van der Waals surface area contributed by atoms with Crippen molar-refractivity contribution in [3.05, 3.63) is 0 Å². The molecule has 2 aliphatic rings. The van der Waals surface area contributed by atoms with Crippen molar-refractivity contribution in [3.63, 3.8) is 0 Å². The van der Waals surface area contributed by atoms with Crippen LogP contribution in [-0.4, -0.2) is 49.8 Å². The Morgan fingerprint density at radius 1 is 1.22 bits per heavy atom. The van der Waals surface area contributed by atoms with Gasteiger partial charge in [0.2, 0.25) is 0 Å². The fraction of sp³-hybridized carbons (Fsp3) is 1.00. The Hall–Kier alpha value is -0.120. The quantitative estimate of drug-likeness (QED) is 0.815. The number of ether oxygens (including phenoxy) is 1. The van der Waals surface area contributed by atoms with Crippen molar-refractivity contribution < 1.29 is 4.74 Å². The average Bonchev–Trinajstić information content (AvgIpc) is 2.73. The molecule has 2 fully saturated rings. The lowest BCUT2D eigenvalue weighted by atomic mass is 9.83. The predicted molar refractivity (Wildman–Crippen MR) is 75.9 cm³/mol. The Morgan fingerprint density at radius 3 is 2.61 bits per heavy atom. The van der Waals surface area contributed by atoms with Gasteiger partial charge >= 0.3 is 0 Å². The minimum absolute atomic E-state index is 0.276. The van der Waals surface area contributed by atoms with E-state index in [4.69, 9.17) is 4.74 Å². The number of rotatable bonds is 5. The summed E-state index contributed by atoms with van der Waals surface area (Å²) in [5.41, 5.74) is 0.276. The van der Waals surface area contributed by atoms with E-state index in [9.17, 15) is 0 Å². The van der Waals surface area contributed by atoms with Crippen LogP contribution in [0.5, 0.6) is 0 Å². The van der Waals surface area contributed by atoms with E-state index in [0.717, 1.165) is 13.1 Å². The fourth-order valence-corrected chi connectivity index (χ4v) is 3.24. The average molecular weight is 254 g/mol. The highest BCUT2D eigenvalue weighted by Crippen LogP contribution is 2.41. The van der Waals surface area contributed by atoms with Crippen LogP contribution in [0.15, 0.2) is 0 Å². The Morgan fingerprint density at radius 2 is 1.94 bits per heavy atom. The van der Waals surface area contributed by atoms with Crippen molar-refractivity contribution in [1.82, 2.24) is 10.2 Å². The summed E-state index contributed by atoms with van der Waals surface area (Å²) < 4.78 is 6.36. The van der Waals surface area contributed by atoms with Gasteiger partial charge in [0, 0.05) is 19.1 Å². The molecule has 1 spiro atoms. The molecule has 3 heteroatoms. The van der Waals surface area contributed by atoms with Crippen LogP contribution in [0.2, 0.25) is 0 Å². The highest BCUT2D eigenvalue weighted by atomic mass is 16.5. The van der Waals surface area contributed by atoms with E-state index in [0.29, 0.717) is 12.1 Å². The van der Waals surface area contributed by atoms with Gasteiger partial charge in [-0.1, -0.05) is 19.3 Å². The molecule has 2 rings (SSSR count). The number of nitrogens with zero attached hydrogens (tertiary/aromatic N) is 1. The summed E-state index contributed by atoms with van der Waals surface area (Å²) in [6, 6.07) is 0.593. The summed E-state index contributed by atoms with van der Waals surface area (Å²) >= 11 is 0. The summed E-state index contributed by atoms with van der Waals surface area (Å²) in [6.45, 7) is 4.34. The van der Waals surface area contributed by atoms with Gasteiger partial charge in [0.15, 0.2) is 0 Å². The lowest BCUT2D eigenvalue weighted by Gasteiger charge is -2.33. The zero-order chi connectivity index (χ0) is 13.0. The van der Waals surface area contributed by atoms with Crippen molar-refractivity contribution in [2.45, 2.75) is 69.6 Å². The Kier molecular flexibility index (Phi) is 5.05. The van der Waals surface area contributed by atoms with Crippen molar-refractivity contribution in [3.8, 4) is 0 Å². The Bertz CT molecular complexity index is 249. The molecule has 0 aromatic rings. The highest BCUT2D eigenvalue weighted by molar-refractivity contribution is 4.91. The molecule has 0 amide bonds. The number of likely N-dealkylation sites (N-methyl/N-ethyl adjacent to an activating group) is 1. The molecule has 1 aliphatic carbocycles. The molecule has 106 valence electrons. The second-order valence-corrected chi connectivity index (χ2v) is 6.49. The molecule has 0 aromatic heterocycles. The van der Waals surface area contributed by atoms with E-state index in [-0.39, 0.29) is 5.60 Å². The van der Waals surface area contributed by atoms with Gasteiger partial charge in [-0.3, -0.25) is 0 Å². The van der Waals surface area contributed by atoms with Crippen LogP contribution in [-0.2, 0) is 4.74 Å². The lowest BCUT2D eigenvalue weighted by Crippen LogP contribution is -2.39. The first-order chi connectivity index (χ1) is 8.61. The third-order valence-electron chi connectivity index (χ3n) is 4.80. The van der Waals surface area contributed by atoms with Crippen molar-refractivity contribution in [2.24, 2.45) is 0 Å². The van der Waals surface area contributed by atoms with Crippen LogP contribution in [0.25, 0.3) is 0 Å². The van der Waals surface area contributed by atoms with Crippen LogP contribution in [0.3, 0.4) is 0 Å². The molecule has 1 heterocycles. The van der Waals surface area contributed by atoms with Gasteiger partial charge in [-0.25, -0.2) is 0 Å². The maximum Gasteiger partial charge on any atom is 0.0708 e. The lowest BCUT2D eigenvalue weighted by molar-refractivity contribution is -0.0624. The fourth-order valence-electron chi connectivity index (χ4n) is 3.24. The first kappa shape index (κ1) is 14.3. The Labute approximate surface area is 112 Å². The van der Waals surface area contributed by atoms with Crippen LogP contribution in [0.1, 0.15) is 51.9 Å². The van der Waals surface area contributed by atoms with E-state index in [1.807, 2.05) is 0 Å². The topological polar surface area (TPSA) is 24.5 Å². The molecule has 2 atom stereocenters. The minimum Gasteiger partial charge on any atom is -0.370 e. The minimum atomic E-state index is 0.276. The Balaban J connectivity index is 1.66. The maximum atomic E-state index is 6.36. The van der Waals surface area contributed by atoms with Gasteiger partial charge in [-0.05, 0) is 46.7 Å². The van der Waals surface area contributed by atoms with Crippen LogP contribution in [0.4, 0.5) is 0 Å². The summed E-state index contributed by atoms with van der Waals surface area (Å²) in [6.07, 6.45) is 9.77. The normalized spacial score (nSPS) is 29.0. The van der Waals surface area contributed by atoms with E-state index < -0.39 is 0 Å². The second-order valence-electron chi connectivity index (χ2n) is 6.49. The zero-order valence-corrected chi connectivity index (χ0v) is 12.4. The summed E-state index contributed by atoms with van der Waals surface area (Å²) in [7, 11) is 4.27. The third-order valence-corrected chi connectivity index (χ3v) is 4.80. The van der Waals surface area contributed by atoms with Crippen molar-refractivity contribution in [2.75, 3.05) is 27.2 Å². The molecule has 3 nitrogen and oxygen atoms in total. The summed E-state index contributed by atoms with van der Waals surface area (Å²) in [5.74, 6) is 0. The molecule has 1 saturated carbocycles. The van der Waals surface area contributed by atoms with E-state index in [1.165, 1.54) is 44.9 Å². The van der Waals surface area contributed by atoms with Gasteiger partial charge in [0.1, 0.15) is 0 Å². The number of nitrogens with one attached hydrogen (secondary N) is 1. The number of hydrogen-bond acceptors (Lipinski definition) is 3. The van der Waals surface area contributed by atoms with Gasteiger partial charge in [-0.15, -0.1) is 0 Å². The SMILES string of the molecule is CC(CNCC1CCC2(CCCCC2)O1)N(C)C. The molecule has 2 unspecified atom stereocenters. The molecule has 1 aliphatic heterocycles. The molecule has 18 heavy (non-hydrogen) atoms. The van der Waals surface area contributed by atoms with Crippen LogP contribution >= 0.6 is 0 Å². The van der Waals surface area contributed by atoms with Gasteiger partial charge in [0.25, 0.3) is 0 Å². The van der Waals surface area contributed by atoms with Crippen molar-refractivity contribution in [1.29, 1.82) is 0 Å². The largest absolute Gasteiger partial charge is 0.370 e. The first-order valence-electron chi connectivity index (χ1n) is 7.66. The van der Waals surface area contributed by atoms with Crippen LogP contribution in [0, 0.1) is 0 Å². The smallest absolute Gasteiger partial charge is 0.0708 e. The third kappa shape index (κ3) is 3.69. The summed E-state index contributed by atoms with van der Waals surface area (Å²) in [4.78, 5) is 2.26.